The topological polar surface area (TPSA) is 61.1 Å². The molecule has 2 aromatic carbocycles. The second kappa shape index (κ2) is 15.5. The number of aryl methyl sites for hydroxylation is 2. The lowest BCUT2D eigenvalue weighted by atomic mass is 9.87. The summed E-state index contributed by atoms with van der Waals surface area (Å²) in [5, 5.41) is 14.3. The zero-order valence-corrected chi connectivity index (χ0v) is 25.2. The predicted octanol–water partition coefficient (Wildman–Crippen LogP) is 9.67. The standard InChI is InChI=1S/C16H22N4.C9H15N.C8H10/c1-11(2)16(20-17-6)13(5)19-15-9-7-14(8-10-15)18-12(3)4;1-7-5-8(6-10-7)9(2,3)4;1-7-3-5-8(2)6-4-7/h7-10,18-19H,3,5H2,1-2,4,6H3;5H,6H2,1-4H3;3-6H,1-2H3. The Labute approximate surface area is 231 Å². The lowest BCUT2D eigenvalue weighted by Crippen LogP contribution is -2.09. The molecule has 204 valence electrons. The van der Waals surface area contributed by atoms with E-state index in [2.05, 4.69) is 111 Å². The minimum Gasteiger partial charge on any atom is -0.360 e. The summed E-state index contributed by atoms with van der Waals surface area (Å²) < 4.78 is 0. The van der Waals surface area contributed by atoms with E-state index in [4.69, 9.17) is 0 Å². The summed E-state index contributed by atoms with van der Waals surface area (Å²) >= 11 is 0. The molecule has 0 bridgehead atoms. The van der Waals surface area contributed by atoms with Crippen LogP contribution < -0.4 is 10.6 Å². The van der Waals surface area contributed by atoms with E-state index < -0.39 is 0 Å². The molecule has 0 aromatic heterocycles. The molecule has 5 nitrogen and oxygen atoms in total. The Balaban J connectivity index is 0.000000330. The number of anilines is 2. The van der Waals surface area contributed by atoms with Gasteiger partial charge in [-0.05, 0) is 88.4 Å². The van der Waals surface area contributed by atoms with Crippen LogP contribution in [-0.4, -0.2) is 19.3 Å². The van der Waals surface area contributed by atoms with Gasteiger partial charge in [0.1, 0.15) is 5.70 Å². The molecule has 1 aliphatic heterocycles. The fourth-order valence-electron chi connectivity index (χ4n) is 3.32. The van der Waals surface area contributed by atoms with E-state index in [1.165, 1.54) is 22.4 Å². The molecule has 0 radical (unpaired) electrons. The van der Waals surface area contributed by atoms with Crippen molar-refractivity contribution < 1.29 is 0 Å². The molecule has 0 fully saturated rings. The monoisotopic (exact) mass is 513 g/mol. The van der Waals surface area contributed by atoms with Crippen molar-refractivity contribution in [3.05, 3.63) is 107 Å². The number of rotatable bonds is 6. The fraction of sp³-hybridized carbons (Fsp3) is 0.364. The first-order chi connectivity index (χ1) is 17.7. The molecule has 1 heterocycles. The molecular formula is C33H47N5. The van der Waals surface area contributed by atoms with Gasteiger partial charge in [0.05, 0.1) is 12.2 Å². The summed E-state index contributed by atoms with van der Waals surface area (Å²) in [4.78, 5) is 4.31. The maximum Gasteiger partial charge on any atom is 0.107 e. The highest BCUT2D eigenvalue weighted by molar-refractivity contribution is 5.95. The molecule has 5 heteroatoms. The van der Waals surface area contributed by atoms with Crippen molar-refractivity contribution in [2.24, 2.45) is 20.6 Å². The van der Waals surface area contributed by atoms with Crippen molar-refractivity contribution in [1.29, 1.82) is 0 Å². The van der Waals surface area contributed by atoms with Gasteiger partial charge in [0.2, 0.25) is 0 Å². The van der Waals surface area contributed by atoms with E-state index in [0.717, 1.165) is 40.6 Å². The van der Waals surface area contributed by atoms with E-state index in [0.29, 0.717) is 5.41 Å². The number of benzene rings is 2. The Bertz CT molecular complexity index is 1160. The SMILES string of the molecule is C=C(C)Nc1ccc(NC(=C)C(N=NC)=C(C)C)cc1.CC1=NCC(C(C)(C)C)=C1.Cc1ccc(C)cc1. The van der Waals surface area contributed by atoms with Gasteiger partial charge in [-0.15, -0.1) is 0 Å². The summed E-state index contributed by atoms with van der Waals surface area (Å²) in [6.45, 7) is 27.6. The molecule has 0 amide bonds. The van der Waals surface area contributed by atoms with Crippen LogP contribution in [-0.2, 0) is 0 Å². The Morgan fingerprint density at radius 3 is 1.61 bits per heavy atom. The largest absolute Gasteiger partial charge is 0.360 e. The molecule has 0 atom stereocenters. The van der Waals surface area contributed by atoms with Gasteiger partial charge >= 0.3 is 0 Å². The Hall–Kier alpha value is -3.73. The van der Waals surface area contributed by atoms with Crippen molar-refractivity contribution in [2.45, 2.75) is 62.3 Å². The highest BCUT2D eigenvalue weighted by Gasteiger charge is 2.19. The van der Waals surface area contributed by atoms with Gasteiger partial charge in [0.15, 0.2) is 0 Å². The summed E-state index contributed by atoms with van der Waals surface area (Å²) in [6, 6.07) is 16.4. The number of nitrogens with one attached hydrogen (secondary N) is 2. The van der Waals surface area contributed by atoms with Crippen LogP contribution in [0.4, 0.5) is 11.4 Å². The van der Waals surface area contributed by atoms with Gasteiger partial charge in [0.25, 0.3) is 0 Å². The van der Waals surface area contributed by atoms with Crippen LogP contribution in [0.2, 0.25) is 0 Å². The highest BCUT2D eigenvalue weighted by Crippen LogP contribution is 2.27. The molecule has 0 saturated heterocycles. The second-order valence-corrected chi connectivity index (χ2v) is 10.8. The summed E-state index contributed by atoms with van der Waals surface area (Å²) in [5.74, 6) is 0. The van der Waals surface area contributed by atoms with Gasteiger partial charge in [-0.25, -0.2) is 0 Å². The van der Waals surface area contributed by atoms with Crippen LogP contribution in [0.5, 0.6) is 0 Å². The van der Waals surface area contributed by atoms with Crippen molar-refractivity contribution in [1.82, 2.24) is 0 Å². The van der Waals surface area contributed by atoms with Crippen LogP contribution in [0.3, 0.4) is 0 Å². The lowest BCUT2D eigenvalue weighted by Gasteiger charge is -2.18. The first-order valence-corrected chi connectivity index (χ1v) is 12.9. The molecule has 0 saturated carbocycles. The number of nitrogens with zero attached hydrogens (tertiary/aromatic N) is 3. The Morgan fingerprint density at radius 2 is 1.29 bits per heavy atom. The fourth-order valence-corrected chi connectivity index (χ4v) is 3.32. The molecule has 0 aliphatic carbocycles. The van der Waals surface area contributed by atoms with Crippen LogP contribution in [0.15, 0.2) is 111 Å². The molecule has 0 spiro atoms. The molecule has 2 N–H and O–H groups in total. The summed E-state index contributed by atoms with van der Waals surface area (Å²) in [6.07, 6.45) is 2.19. The van der Waals surface area contributed by atoms with E-state index in [-0.39, 0.29) is 0 Å². The number of allylic oxidation sites excluding steroid dienone is 3. The quantitative estimate of drug-likeness (QED) is 0.298. The third kappa shape index (κ3) is 12.5. The maximum absolute atomic E-state index is 4.31. The van der Waals surface area contributed by atoms with Gasteiger partial charge in [0, 0.05) is 29.8 Å². The van der Waals surface area contributed by atoms with Crippen molar-refractivity contribution >= 4 is 17.1 Å². The van der Waals surface area contributed by atoms with Crippen LogP contribution in [0.25, 0.3) is 0 Å². The zero-order chi connectivity index (χ0) is 28.9. The Kier molecular flexibility index (Phi) is 13.2. The van der Waals surface area contributed by atoms with E-state index >= 15 is 0 Å². The third-order valence-corrected chi connectivity index (χ3v) is 5.56. The molecule has 0 unspecified atom stereocenters. The maximum atomic E-state index is 4.31. The van der Waals surface area contributed by atoms with Gasteiger partial charge in [-0.3, -0.25) is 4.99 Å². The summed E-state index contributed by atoms with van der Waals surface area (Å²) in [5.41, 5.74) is 11.0. The molecular weight excluding hydrogens is 466 g/mol. The number of aliphatic imine (C=N–C) groups is 1. The summed E-state index contributed by atoms with van der Waals surface area (Å²) in [7, 11) is 1.65. The first kappa shape index (κ1) is 32.3. The number of hydrogen-bond donors (Lipinski definition) is 2. The average Bonchev–Trinajstić information content (AvgIpc) is 3.28. The normalized spacial score (nSPS) is 12.3. The molecule has 3 rings (SSSR count). The van der Waals surface area contributed by atoms with E-state index in [1.54, 1.807) is 7.05 Å². The van der Waals surface area contributed by atoms with E-state index in [1.807, 2.05) is 45.0 Å². The van der Waals surface area contributed by atoms with Crippen LogP contribution in [0.1, 0.15) is 59.6 Å². The highest BCUT2D eigenvalue weighted by atomic mass is 15.1. The van der Waals surface area contributed by atoms with Gasteiger partial charge in [-0.1, -0.05) is 69.3 Å². The van der Waals surface area contributed by atoms with Crippen LogP contribution >= 0.6 is 0 Å². The smallest absolute Gasteiger partial charge is 0.107 e. The minimum atomic E-state index is 0.307. The molecule has 2 aromatic rings. The molecule has 1 aliphatic rings. The van der Waals surface area contributed by atoms with E-state index in [9.17, 15) is 0 Å². The first-order valence-electron chi connectivity index (χ1n) is 12.9. The second-order valence-electron chi connectivity index (χ2n) is 10.8. The third-order valence-electron chi connectivity index (χ3n) is 5.56. The van der Waals surface area contributed by atoms with Crippen molar-refractivity contribution in [3.8, 4) is 0 Å². The lowest BCUT2D eigenvalue weighted by molar-refractivity contribution is 0.499. The van der Waals surface area contributed by atoms with Crippen molar-refractivity contribution in [2.75, 3.05) is 24.2 Å². The van der Waals surface area contributed by atoms with Gasteiger partial charge < -0.3 is 10.6 Å². The molecule has 38 heavy (non-hydrogen) atoms. The van der Waals surface area contributed by atoms with Crippen LogP contribution in [0, 0.1) is 19.3 Å². The number of hydrogen-bond acceptors (Lipinski definition) is 5. The van der Waals surface area contributed by atoms with Gasteiger partial charge in [-0.2, -0.15) is 10.2 Å². The predicted molar refractivity (Wildman–Crippen MR) is 168 cm³/mol. The average molecular weight is 514 g/mol. The minimum absolute atomic E-state index is 0.307. The Morgan fingerprint density at radius 1 is 0.816 bits per heavy atom. The number of azo groups is 1. The van der Waals surface area contributed by atoms with Crippen molar-refractivity contribution in [3.63, 3.8) is 0 Å². The zero-order valence-electron chi connectivity index (χ0n) is 25.2.